The minimum Gasteiger partial charge on any atom is -0.382 e. The van der Waals surface area contributed by atoms with Gasteiger partial charge in [0.1, 0.15) is 17.2 Å². The number of halogens is 3. The van der Waals surface area contributed by atoms with E-state index in [1.807, 2.05) is 12.1 Å². The van der Waals surface area contributed by atoms with Crippen LogP contribution in [0.1, 0.15) is 0 Å². The second-order valence-electron chi connectivity index (χ2n) is 3.18. The molecule has 7 heteroatoms. The molecule has 4 nitrogen and oxygen atoms in total. The maximum Gasteiger partial charge on any atom is 0.154 e. The molecule has 0 aliphatic carbocycles. The first-order valence-electron chi connectivity index (χ1n) is 4.56. The Labute approximate surface area is 116 Å². The fourth-order valence-corrected chi connectivity index (χ4v) is 1.82. The van der Waals surface area contributed by atoms with Crippen LogP contribution in [0.3, 0.4) is 0 Å². The van der Waals surface area contributed by atoms with Crippen LogP contribution in [-0.4, -0.2) is 9.97 Å². The van der Waals surface area contributed by atoms with E-state index in [1.54, 1.807) is 6.07 Å². The van der Waals surface area contributed by atoms with Crippen molar-refractivity contribution < 1.29 is 0 Å². The first-order valence-corrected chi connectivity index (χ1v) is 6.11. The third-order valence-corrected chi connectivity index (χ3v) is 3.59. The summed E-state index contributed by atoms with van der Waals surface area (Å²) >= 11 is 15.2. The Morgan fingerprint density at radius 3 is 2.71 bits per heavy atom. The van der Waals surface area contributed by atoms with Crippen molar-refractivity contribution in [3.8, 4) is 0 Å². The van der Waals surface area contributed by atoms with Crippen molar-refractivity contribution in [2.24, 2.45) is 0 Å². The van der Waals surface area contributed by atoms with Crippen LogP contribution in [0.2, 0.25) is 10.0 Å². The molecular weight excluding hydrogens is 327 g/mol. The lowest BCUT2D eigenvalue weighted by Gasteiger charge is -2.08. The molecule has 1 heterocycles. The van der Waals surface area contributed by atoms with E-state index in [0.29, 0.717) is 15.9 Å². The topological polar surface area (TPSA) is 63.8 Å². The van der Waals surface area contributed by atoms with Crippen molar-refractivity contribution in [1.82, 2.24) is 9.97 Å². The van der Waals surface area contributed by atoms with Crippen LogP contribution in [0.5, 0.6) is 0 Å². The van der Waals surface area contributed by atoms with Crippen LogP contribution in [-0.2, 0) is 0 Å². The molecule has 0 saturated heterocycles. The maximum absolute atomic E-state index is 5.96. The number of aromatic nitrogens is 2. The van der Waals surface area contributed by atoms with Crippen molar-refractivity contribution in [3.05, 3.63) is 39.0 Å². The van der Waals surface area contributed by atoms with Crippen LogP contribution in [0.15, 0.2) is 29.0 Å². The summed E-state index contributed by atoms with van der Waals surface area (Å²) in [5.41, 5.74) is 6.37. The third-order valence-electron chi connectivity index (χ3n) is 2.00. The van der Waals surface area contributed by atoms with Gasteiger partial charge in [0.15, 0.2) is 5.82 Å². The van der Waals surface area contributed by atoms with Crippen molar-refractivity contribution in [2.75, 3.05) is 11.1 Å². The molecule has 2 rings (SSSR count). The molecule has 0 unspecified atom stereocenters. The lowest BCUT2D eigenvalue weighted by atomic mass is 10.3. The number of nitrogens with two attached hydrogens (primary N) is 1. The number of nitrogen functional groups attached to an aromatic ring is 1. The molecular formula is C10H7BrCl2N4. The van der Waals surface area contributed by atoms with Gasteiger partial charge in [-0.05, 0) is 34.1 Å². The van der Waals surface area contributed by atoms with Gasteiger partial charge in [-0.3, -0.25) is 0 Å². The van der Waals surface area contributed by atoms with Gasteiger partial charge in [0.05, 0.1) is 5.02 Å². The number of hydrogen-bond donors (Lipinski definition) is 2. The Morgan fingerprint density at radius 2 is 2.00 bits per heavy atom. The summed E-state index contributed by atoms with van der Waals surface area (Å²) in [6.07, 6.45) is 1.34. The molecule has 0 radical (unpaired) electrons. The zero-order valence-corrected chi connectivity index (χ0v) is 11.5. The molecule has 0 saturated carbocycles. The zero-order chi connectivity index (χ0) is 12.4. The molecule has 0 fully saturated rings. The summed E-state index contributed by atoms with van der Waals surface area (Å²) < 4.78 is 0.780. The normalized spacial score (nSPS) is 10.3. The van der Waals surface area contributed by atoms with Crippen LogP contribution >= 0.6 is 39.1 Å². The molecule has 2 aromatic rings. The predicted octanol–water partition coefficient (Wildman–Crippen LogP) is 3.87. The van der Waals surface area contributed by atoms with E-state index in [9.17, 15) is 0 Å². The summed E-state index contributed by atoms with van der Waals surface area (Å²) in [5.74, 6) is 0.686. The largest absolute Gasteiger partial charge is 0.382 e. The van der Waals surface area contributed by atoms with Gasteiger partial charge < -0.3 is 11.1 Å². The van der Waals surface area contributed by atoms with E-state index in [4.69, 9.17) is 28.9 Å². The van der Waals surface area contributed by atoms with Crippen LogP contribution < -0.4 is 11.1 Å². The first kappa shape index (κ1) is 12.4. The molecule has 88 valence electrons. The summed E-state index contributed by atoms with van der Waals surface area (Å²) in [6.45, 7) is 0. The number of benzene rings is 1. The lowest BCUT2D eigenvalue weighted by molar-refractivity contribution is 1.18. The molecule has 1 aromatic heterocycles. The number of anilines is 3. The van der Waals surface area contributed by atoms with Gasteiger partial charge in [0.2, 0.25) is 0 Å². The van der Waals surface area contributed by atoms with Gasteiger partial charge in [-0.25, -0.2) is 9.97 Å². The van der Waals surface area contributed by atoms with E-state index in [2.05, 4.69) is 31.2 Å². The van der Waals surface area contributed by atoms with Crippen LogP contribution in [0.25, 0.3) is 0 Å². The van der Waals surface area contributed by atoms with E-state index in [1.165, 1.54) is 6.33 Å². The van der Waals surface area contributed by atoms with Crippen molar-refractivity contribution in [2.45, 2.75) is 0 Å². The molecule has 0 aliphatic rings. The van der Waals surface area contributed by atoms with Crippen molar-refractivity contribution in [3.63, 3.8) is 0 Å². The standard InChI is InChI=1S/C10H7BrCl2N4/c11-6-3-5(1-2-7(6)12)17-10-8(13)9(14)15-4-16-10/h1-4H,(H3,14,15,16,17). The van der Waals surface area contributed by atoms with E-state index in [0.717, 1.165) is 10.2 Å². The zero-order valence-electron chi connectivity index (χ0n) is 8.42. The minimum atomic E-state index is 0.234. The van der Waals surface area contributed by atoms with Gasteiger partial charge in [-0.15, -0.1) is 0 Å². The maximum atomic E-state index is 5.96. The highest BCUT2D eigenvalue weighted by Gasteiger charge is 2.07. The van der Waals surface area contributed by atoms with Crippen molar-refractivity contribution >= 4 is 56.5 Å². The van der Waals surface area contributed by atoms with E-state index in [-0.39, 0.29) is 5.82 Å². The lowest BCUT2D eigenvalue weighted by Crippen LogP contribution is -1.99. The molecule has 0 amide bonds. The molecule has 0 spiro atoms. The van der Waals surface area contributed by atoms with Gasteiger partial charge in [0.25, 0.3) is 0 Å². The van der Waals surface area contributed by atoms with Gasteiger partial charge in [0, 0.05) is 10.2 Å². The van der Waals surface area contributed by atoms with Crippen LogP contribution in [0, 0.1) is 0 Å². The molecule has 17 heavy (non-hydrogen) atoms. The van der Waals surface area contributed by atoms with E-state index >= 15 is 0 Å². The molecule has 1 aromatic carbocycles. The third kappa shape index (κ3) is 2.80. The Morgan fingerprint density at radius 1 is 1.24 bits per heavy atom. The van der Waals surface area contributed by atoms with Crippen LogP contribution in [0.4, 0.5) is 17.3 Å². The number of hydrogen-bond acceptors (Lipinski definition) is 4. The molecule has 0 atom stereocenters. The van der Waals surface area contributed by atoms with Crippen molar-refractivity contribution in [1.29, 1.82) is 0 Å². The summed E-state index contributed by atoms with van der Waals surface area (Å²) in [5, 5.41) is 3.95. The highest BCUT2D eigenvalue weighted by atomic mass is 79.9. The molecule has 3 N–H and O–H groups in total. The highest BCUT2D eigenvalue weighted by molar-refractivity contribution is 9.10. The SMILES string of the molecule is Nc1ncnc(Nc2ccc(Cl)c(Br)c2)c1Cl. The second-order valence-corrected chi connectivity index (χ2v) is 4.81. The van der Waals surface area contributed by atoms with E-state index < -0.39 is 0 Å². The quantitative estimate of drug-likeness (QED) is 0.875. The van der Waals surface area contributed by atoms with Gasteiger partial charge >= 0.3 is 0 Å². The average molecular weight is 334 g/mol. The average Bonchev–Trinajstić information content (AvgIpc) is 2.30. The van der Waals surface area contributed by atoms with Gasteiger partial charge in [-0.1, -0.05) is 23.2 Å². The number of nitrogens with one attached hydrogen (secondary N) is 1. The first-order chi connectivity index (χ1) is 8.08. The monoisotopic (exact) mass is 332 g/mol. The summed E-state index contributed by atoms with van der Waals surface area (Å²) in [4.78, 5) is 7.78. The fourth-order valence-electron chi connectivity index (χ4n) is 1.18. The smallest absolute Gasteiger partial charge is 0.154 e. The fraction of sp³-hybridized carbons (Fsp3) is 0. The highest BCUT2D eigenvalue weighted by Crippen LogP contribution is 2.30. The predicted molar refractivity (Wildman–Crippen MR) is 73.9 cm³/mol. The molecule has 0 bridgehead atoms. The van der Waals surface area contributed by atoms with Gasteiger partial charge in [-0.2, -0.15) is 0 Å². The summed E-state index contributed by atoms with van der Waals surface area (Å²) in [6, 6.07) is 5.38. The minimum absolute atomic E-state index is 0.234. The Bertz CT molecular complexity index is 562. The molecule has 0 aliphatic heterocycles. The second kappa shape index (κ2) is 5.08. The number of nitrogens with zero attached hydrogens (tertiary/aromatic N) is 2. The Kier molecular flexibility index (Phi) is 3.71. The Balaban J connectivity index is 2.31. The Hall–Kier alpha value is -1.04. The summed E-state index contributed by atoms with van der Waals surface area (Å²) in [7, 11) is 0. The number of rotatable bonds is 2.